The van der Waals surface area contributed by atoms with E-state index in [9.17, 15) is 0 Å². The van der Waals surface area contributed by atoms with Crippen LogP contribution in [0.3, 0.4) is 0 Å². The number of nitrogens with two attached hydrogens (primary N) is 1. The van der Waals surface area contributed by atoms with Crippen molar-refractivity contribution in [1.29, 1.82) is 0 Å². The van der Waals surface area contributed by atoms with Gasteiger partial charge in [-0.15, -0.1) is 0 Å². The summed E-state index contributed by atoms with van der Waals surface area (Å²) in [6, 6.07) is 6.66. The number of benzene rings is 1. The van der Waals surface area contributed by atoms with Gasteiger partial charge in [0.15, 0.2) is 5.11 Å². The Morgan fingerprint density at radius 3 is 2.54 bits per heavy atom. The topological polar surface area (TPSA) is 56.9 Å². The number of hydrogen-bond donors (Lipinski definition) is 2. The Morgan fingerprint density at radius 2 is 2.00 bits per heavy atom. The lowest BCUT2D eigenvalue weighted by atomic mass is 10.1. The first kappa shape index (κ1) is 19.0. The van der Waals surface area contributed by atoms with Gasteiger partial charge in [0.2, 0.25) is 0 Å². The van der Waals surface area contributed by atoms with Crippen molar-refractivity contribution in [1.82, 2.24) is 10.3 Å². The van der Waals surface area contributed by atoms with E-state index >= 15 is 0 Å². The molecule has 1 fully saturated rings. The summed E-state index contributed by atoms with van der Waals surface area (Å²) in [5.41, 5.74) is 9.86. The molecule has 0 spiro atoms. The number of anilines is 1. The molecule has 3 N–H and O–H groups in total. The highest BCUT2D eigenvalue weighted by Gasteiger charge is 2.22. The maximum atomic E-state index is 6.47. The first-order chi connectivity index (χ1) is 11.5. The Labute approximate surface area is 154 Å². The molecule has 0 bridgehead atoms. The molecule has 1 aliphatic rings. The smallest absolute Gasteiger partial charge is 0.184 e. The molecule has 0 aromatic heterocycles. The second kappa shape index (κ2) is 9.20. The molecule has 0 unspecified atom stereocenters. The fraction of sp³-hybridized carbons (Fsp3) is 0.529. The number of thiocarbonyl (C=S) groups is 1. The molecule has 0 radical (unpaired) electrons. The van der Waals surface area contributed by atoms with Gasteiger partial charge in [-0.1, -0.05) is 31.5 Å². The van der Waals surface area contributed by atoms with Crippen molar-refractivity contribution in [3.05, 3.63) is 28.8 Å². The molecule has 132 valence electrons. The molecule has 1 saturated heterocycles. The summed E-state index contributed by atoms with van der Waals surface area (Å²) >= 11 is 11.2. The van der Waals surface area contributed by atoms with Gasteiger partial charge in [-0.25, -0.2) is 0 Å². The number of halogens is 1. The molecule has 24 heavy (non-hydrogen) atoms. The highest BCUT2D eigenvalue weighted by atomic mass is 35.5. The molecule has 0 saturated carbocycles. The van der Waals surface area contributed by atoms with E-state index in [0.29, 0.717) is 6.04 Å². The highest BCUT2D eigenvalue weighted by Crippen LogP contribution is 2.28. The zero-order valence-corrected chi connectivity index (χ0v) is 15.9. The number of nitrogens with zero attached hydrogens (tertiary/aromatic N) is 3. The van der Waals surface area contributed by atoms with Crippen LogP contribution in [0.25, 0.3) is 0 Å². The van der Waals surface area contributed by atoms with Crippen molar-refractivity contribution in [2.24, 2.45) is 10.8 Å². The Morgan fingerprint density at radius 1 is 1.33 bits per heavy atom. The van der Waals surface area contributed by atoms with Gasteiger partial charge in [-0.3, -0.25) is 10.3 Å². The quantitative estimate of drug-likeness (QED) is 0.460. The van der Waals surface area contributed by atoms with E-state index in [0.717, 1.165) is 42.5 Å². The lowest BCUT2D eigenvalue weighted by molar-refractivity contribution is 0.175. The van der Waals surface area contributed by atoms with E-state index in [2.05, 4.69) is 40.2 Å². The molecule has 2 rings (SSSR count). The fourth-order valence-electron chi connectivity index (χ4n) is 3.16. The van der Waals surface area contributed by atoms with Crippen LogP contribution >= 0.6 is 23.8 Å². The second-order valence-corrected chi connectivity index (χ2v) is 6.79. The summed E-state index contributed by atoms with van der Waals surface area (Å²) in [6.45, 7) is 8.72. The van der Waals surface area contributed by atoms with Gasteiger partial charge in [-0.05, 0) is 42.8 Å². The van der Waals surface area contributed by atoms with Gasteiger partial charge in [-0.2, -0.15) is 5.10 Å². The van der Waals surface area contributed by atoms with Crippen molar-refractivity contribution in [2.75, 3.05) is 31.1 Å². The predicted molar refractivity (Wildman–Crippen MR) is 107 cm³/mol. The molecule has 1 aromatic rings. The Bertz CT molecular complexity index is 580. The van der Waals surface area contributed by atoms with E-state index in [4.69, 9.17) is 29.6 Å². The third kappa shape index (κ3) is 5.06. The van der Waals surface area contributed by atoms with Crippen LogP contribution in [0, 0.1) is 0 Å². The highest BCUT2D eigenvalue weighted by molar-refractivity contribution is 7.80. The minimum absolute atomic E-state index is 0.143. The molecule has 1 aromatic carbocycles. The lowest BCUT2D eigenvalue weighted by Gasteiger charge is -2.40. The minimum Gasteiger partial charge on any atom is -0.375 e. The first-order valence-corrected chi connectivity index (χ1v) is 9.20. The van der Waals surface area contributed by atoms with Crippen LogP contribution in [0.2, 0.25) is 5.02 Å². The van der Waals surface area contributed by atoms with E-state index in [1.54, 1.807) is 6.21 Å². The predicted octanol–water partition coefficient (Wildman–Crippen LogP) is 2.82. The van der Waals surface area contributed by atoms with E-state index in [1.165, 1.54) is 12.8 Å². The molecule has 5 nitrogen and oxygen atoms in total. The normalized spacial score (nSPS) is 16.1. The molecule has 1 heterocycles. The largest absolute Gasteiger partial charge is 0.375 e. The van der Waals surface area contributed by atoms with Crippen molar-refractivity contribution in [3.8, 4) is 0 Å². The van der Waals surface area contributed by atoms with Gasteiger partial charge in [0.05, 0.1) is 16.9 Å². The van der Waals surface area contributed by atoms with Crippen LogP contribution in [0.1, 0.15) is 32.3 Å². The SMILES string of the molecule is CCC(CC)N1CCN(c2ccc(/C=N/NC(N)=S)cc2Cl)CC1. The van der Waals surface area contributed by atoms with Crippen LogP contribution in [-0.4, -0.2) is 48.4 Å². The van der Waals surface area contributed by atoms with E-state index < -0.39 is 0 Å². The Balaban J connectivity index is 1.98. The summed E-state index contributed by atoms with van der Waals surface area (Å²) < 4.78 is 0. The molecular weight excluding hydrogens is 342 g/mol. The molecule has 0 atom stereocenters. The second-order valence-electron chi connectivity index (χ2n) is 5.94. The zero-order chi connectivity index (χ0) is 17.5. The number of nitrogens with one attached hydrogen (secondary N) is 1. The number of rotatable bonds is 6. The van der Waals surface area contributed by atoms with Crippen molar-refractivity contribution in [3.63, 3.8) is 0 Å². The summed E-state index contributed by atoms with van der Waals surface area (Å²) in [5, 5.41) is 4.84. The van der Waals surface area contributed by atoms with Crippen LogP contribution < -0.4 is 16.1 Å². The first-order valence-electron chi connectivity index (χ1n) is 8.42. The average molecular weight is 368 g/mol. The van der Waals surface area contributed by atoms with Crippen LogP contribution in [0.4, 0.5) is 5.69 Å². The van der Waals surface area contributed by atoms with Gasteiger partial charge in [0.1, 0.15) is 0 Å². The van der Waals surface area contributed by atoms with Crippen molar-refractivity contribution < 1.29 is 0 Å². The fourth-order valence-corrected chi connectivity index (χ4v) is 3.52. The number of hydrogen-bond acceptors (Lipinski definition) is 4. The van der Waals surface area contributed by atoms with Crippen LogP contribution in [0.5, 0.6) is 0 Å². The van der Waals surface area contributed by atoms with E-state index in [-0.39, 0.29) is 5.11 Å². The number of hydrazone groups is 1. The molecule has 1 aliphatic heterocycles. The summed E-state index contributed by atoms with van der Waals surface area (Å²) in [4.78, 5) is 4.95. The van der Waals surface area contributed by atoms with Gasteiger partial charge in [0.25, 0.3) is 0 Å². The summed E-state index contributed by atoms with van der Waals surface area (Å²) in [5.74, 6) is 0. The third-order valence-electron chi connectivity index (χ3n) is 4.47. The average Bonchev–Trinajstić information content (AvgIpc) is 2.57. The summed E-state index contributed by atoms with van der Waals surface area (Å²) in [6.07, 6.45) is 4.08. The number of piperazine rings is 1. The zero-order valence-electron chi connectivity index (χ0n) is 14.3. The third-order valence-corrected chi connectivity index (χ3v) is 4.87. The lowest BCUT2D eigenvalue weighted by Crippen LogP contribution is -2.50. The van der Waals surface area contributed by atoms with Crippen LogP contribution in [0.15, 0.2) is 23.3 Å². The van der Waals surface area contributed by atoms with Gasteiger partial charge in [0, 0.05) is 32.2 Å². The standard InChI is InChI=1S/C17H26ClN5S/c1-3-14(4-2)22-7-9-23(10-8-22)16-6-5-13(11-15(16)18)12-20-21-17(19)24/h5-6,11-12,14H,3-4,7-10H2,1-2H3,(H3,19,21,24)/b20-12+. The van der Waals surface area contributed by atoms with Crippen molar-refractivity contribution >= 4 is 40.8 Å². The van der Waals surface area contributed by atoms with Crippen molar-refractivity contribution in [2.45, 2.75) is 32.7 Å². The maximum absolute atomic E-state index is 6.47. The molecule has 0 amide bonds. The molecule has 0 aliphatic carbocycles. The van der Waals surface area contributed by atoms with Gasteiger partial charge >= 0.3 is 0 Å². The molecular formula is C17H26ClN5S. The monoisotopic (exact) mass is 367 g/mol. The minimum atomic E-state index is 0.143. The summed E-state index contributed by atoms with van der Waals surface area (Å²) in [7, 11) is 0. The Hall–Kier alpha value is -1.37. The Kier molecular flexibility index (Phi) is 7.27. The maximum Gasteiger partial charge on any atom is 0.184 e. The van der Waals surface area contributed by atoms with Crippen LogP contribution in [-0.2, 0) is 0 Å². The molecule has 7 heteroatoms. The van der Waals surface area contributed by atoms with Gasteiger partial charge < -0.3 is 10.6 Å². The van der Waals surface area contributed by atoms with E-state index in [1.807, 2.05) is 12.1 Å².